The van der Waals surface area contributed by atoms with Crippen LogP contribution < -0.4 is 0 Å². The van der Waals surface area contributed by atoms with Crippen molar-refractivity contribution < 1.29 is 0 Å². The van der Waals surface area contributed by atoms with E-state index in [1.807, 2.05) is 23.5 Å². The number of hydrogen-bond donors (Lipinski definition) is 0. The predicted octanol–water partition coefficient (Wildman–Crippen LogP) is 7.49. The average Bonchev–Trinajstić information content (AvgIpc) is 2.61. The van der Waals surface area contributed by atoms with Gasteiger partial charge in [-0.25, -0.2) is 0 Å². The summed E-state index contributed by atoms with van der Waals surface area (Å²) in [5.41, 5.74) is 5.11. The maximum atomic E-state index is 2.27. The summed E-state index contributed by atoms with van der Waals surface area (Å²) in [6.07, 6.45) is 2.27. The van der Waals surface area contributed by atoms with E-state index in [-0.39, 0.29) is 0 Å². The van der Waals surface area contributed by atoms with E-state index in [4.69, 9.17) is 0 Å². The molecule has 0 spiro atoms. The predicted molar refractivity (Wildman–Crippen MR) is 113 cm³/mol. The molecule has 0 radical (unpaired) electrons. The van der Waals surface area contributed by atoms with Crippen molar-refractivity contribution in [2.24, 2.45) is 0 Å². The first-order valence-electron chi connectivity index (χ1n) is 8.36. The number of hydrogen-bond acceptors (Lipinski definition) is 2. The highest BCUT2D eigenvalue weighted by molar-refractivity contribution is 8.22. The molecule has 0 aliphatic heterocycles. The van der Waals surface area contributed by atoms with E-state index in [0.29, 0.717) is 0 Å². The lowest BCUT2D eigenvalue weighted by molar-refractivity contribution is 1.38. The highest BCUT2D eigenvalue weighted by Crippen LogP contribution is 2.40. The first-order valence-corrected chi connectivity index (χ1v) is 9.99. The van der Waals surface area contributed by atoms with E-state index in [9.17, 15) is 0 Å². The molecular formula is C23H22S2. The highest BCUT2D eigenvalue weighted by Gasteiger charge is 2.05. The van der Waals surface area contributed by atoms with E-state index < -0.39 is 0 Å². The molecule has 0 unspecified atom stereocenters. The van der Waals surface area contributed by atoms with Gasteiger partial charge in [-0.1, -0.05) is 88.7 Å². The summed E-state index contributed by atoms with van der Waals surface area (Å²) in [5, 5.41) is 0. The van der Waals surface area contributed by atoms with E-state index in [0.717, 1.165) is 0 Å². The summed E-state index contributed by atoms with van der Waals surface area (Å²) in [6, 6.07) is 26.1. The SMILES string of the molecule is Cc1ccc(C=C(Sc2ccc(C)cc2)Sc2ccc(C)cc2)cc1. The molecule has 3 aromatic rings. The largest absolute Gasteiger partial charge is 0.0827 e. The van der Waals surface area contributed by atoms with Gasteiger partial charge in [0.2, 0.25) is 0 Å². The van der Waals surface area contributed by atoms with Crippen LogP contribution in [-0.2, 0) is 0 Å². The van der Waals surface area contributed by atoms with Crippen LogP contribution in [0.15, 0.2) is 86.8 Å². The number of benzene rings is 3. The normalized spacial score (nSPS) is 10.5. The molecule has 0 aromatic heterocycles. The Labute approximate surface area is 159 Å². The molecule has 0 aliphatic rings. The van der Waals surface area contributed by atoms with Crippen LogP contribution in [0.25, 0.3) is 6.08 Å². The third-order valence-corrected chi connectivity index (χ3v) is 5.99. The Bertz CT molecular complexity index is 793. The van der Waals surface area contributed by atoms with E-state index in [2.05, 4.69) is 99.6 Å². The molecule has 126 valence electrons. The van der Waals surface area contributed by atoms with E-state index in [1.54, 1.807) is 0 Å². The van der Waals surface area contributed by atoms with Crippen LogP contribution in [0.5, 0.6) is 0 Å². The second-order valence-electron chi connectivity index (χ2n) is 6.20. The smallest absolute Gasteiger partial charge is 0.0504 e. The zero-order valence-electron chi connectivity index (χ0n) is 14.8. The maximum Gasteiger partial charge on any atom is 0.0504 e. The Hall–Kier alpha value is -1.90. The van der Waals surface area contributed by atoms with Gasteiger partial charge in [-0.05, 0) is 56.7 Å². The molecule has 0 saturated carbocycles. The molecule has 3 rings (SSSR count). The van der Waals surface area contributed by atoms with Crippen LogP contribution in [0.2, 0.25) is 0 Å². The van der Waals surface area contributed by atoms with Gasteiger partial charge in [0.05, 0.1) is 4.24 Å². The zero-order valence-corrected chi connectivity index (χ0v) is 16.5. The summed E-state index contributed by atoms with van der Waals surface area (Å²) in [5.74, 6) is 0. The van der Waals surface area contributed by atoms with E-state index >= 15 is 0 Å². The van der Waals surface area contributed by atoms with Crippen molar-refractivity contribution in [1.82, 2.24) is 0 Å². The molecular weight excluding hydrogens is 340 g/mol. The zero-order chi connectivity index (χ0) is 17.6. The molecule has 25 heavy (non-hydrogen) atoms. The maximum absolute atomic E-state index is 2.27. The molecule has 2 heteroatoms. The molecule has 0 atom stereocenters. The van der Waals surface area contributed by atoms with Crippen LogP contribution in [0.4, 0.5) is 0 Å². The van der Waals surface area contributed by atoms with Crippen molar-refractivity contribution in [3.8, 4) is 0 Å². The van der Waals surface area contributed by atoms with Gasteiger partial charge in [0, 0.05) is 9.79 Å². The van der Waals surface area contributed by atoms with Gasteiger partial charge in [0.1, 0.15) is 0 Å². The fourth-order valence-electron chi connectivity index (χ4n) is 2.32. The number of thioether (sulfide) groups is 2. The summed E-state index contributed by atoms with van der Waals surface area (Å²) in [4.78, 5) is 2.53. The van der Waals surface area contributed by atoms with Crippen LogP contribution in [0, 0.1) is 20.8 Å². The third-order valence-electron chi connectivity index (χ3n) is 3.84. The standard InChI is InChI=1S/C23H22S2/c1-17-4-10-20(11-5-17)16-23(24-21-12-6-18(2)7-13-21)25-22-14-8-19(3)9-15-22/h4-16H,1-3H3. The molecule has 0 bridgehead atoms. The molecule has 0 fully saturated rings. The molecule has 0 saturated heterocycles. The minimum atomic E-state index is 1.24. The molecule has 0 N–H and O–H groups in total. The Morgan fingerprint density at radius 2 is 0.920 bits per heavy atom. The quantitative estimate of drug-likeness (QED) is 0.431. The van der Waals surface area contributed by atoms with Gasteiger partial charge >= 0.3 is 0 Å². The Morgan fingerprint density at radius 3 is 1.32 bits per heavy atom. The van der Waals surface area contributed by atoms with Crippen molar-refractivity contribution in [2.45, 2.75) is 30.6 Å². The van der Waals surface area contributed by atoms with Crippen molar-refractivity contribution in [2.75, 3.05) is 0 Å². The average molecular weight is 363 g/mol. The lowest BCUT2D eigenvalue weighted by atomic mass is 10.1. The minimum Gasteiger partial charge on any atom is -0.0827 e. The van der Waals surface area contributed by atoms with Crippen molar-refractivity contribution in [3.05, 3.63) is 99.3 Å². The lowest BCUT2D eigenvalue weighted by Crippen LogP contribution is -1.80. The van der Waals surface area contributed by atoms with Crippen LogP contribution in [0.1, 0.15) is 22.3 Å². The van der Waals surface area contributed by atoms with Gasteiger partial charge < -0.3 is 0 Å². The van der Waals surface area contributed by atoms with Gasteiger partial charge in [-0.15, -0.1) is 0 Å². The summed E-state index contributed by atoms with van der Waals surface area (Å²) < 4.78 is 1.27. The van der Waals surface area contributed by atoms with Gasteiger partial charge in [0.15, 0.2) is 0 Å². The summed E-state index contributed by atoms with van der Waals surface area (Å²) in [6.45, 7) is 6.37. The monoisotopic (exact) mass is 362 g/mol. The highest BCUT2D eigenvalue weighted by atomic mass is 32.2. The fourth-order valence-corrected chi connectivity index (χ4v) is 4.47. The van der Waals surface area contributed by atoms with Crippen LogP contribution in [-0.4, -0.2) is 0 Å². The third kappa shape index (κ3) is 5.55. The fraction of sp³-hybridized carbons (Fsp3) is 0.130. The van der Waals surface area contributed by atoms with Gasteiger partial charge in [0.25, 0.3) is 0 Å². The topological polar surface area (TPSA) is 0 Å². The molecule has 0 nitrogen and oxygen atoms in total. The van der Waals surface area contributed by atoms with Gasteiger partial charge in [-0.3, -0.25) is 0 Å². The number of aryl methyl sites for hydroxylation is 3. The lowest BCUT2D eigenvalue weighted by Gasteiger charge is -2.09. The summed E-state index contributed by atoms with van der Waals surface area (Å²) in [7, 11) is 0. The molecule has 0 heterocycles. The first kappa shape index (κ1) is 17.9. The van der Waals surface area contributed by atoms with Gasteiger partial charge in [-0.2, -0.15) is 0 Å². The Kier molecular flexibility index (Phi) is 6.06. The second kappa shape index (κ2) is 8.46. The number of rotatable bonds is 5. The van der Waals surface area contributed by atoms with E-state index in [1.165, 1.54) is 36.3 Å². The second-order valence-corrected chi connectivity index (χ2v) is 8.69. The van der Waals surface area contributed by atoms with Crippen LogP contribution in [0.3, 0.4) is 0 Å². The Balaban J connectivity index is 1.87. The van der Waals surface area contributed by atoms with Crippen molar-refractivity contribution in [3.63, 3.8) is 0 Å². The molecule has 3 aromatic carbocycles. The Morgan fingerprint density at radius 1 is 0.560 bits per heavy atom. The van der Waals surface area contributed by atoms with Crippen molar-refractivity contribution in [1.29, 1.82) is 0 Å². The van der Waals surface area contributed by atoms with Crippen LogP contribution >= 0.6 is 23.5 Å². The summed E-state index contributed by atoms with van der Waals surface area (Å²) >= 11 is 3.64. The molecule has 0 amide bonds. The first-order chi connectivity index (χ1) is 12.1. The molecule has 0 aliphatic carbocycles. The minimum absolute atomic E-state index is 1.24. The van der Waals surface area contributed by atoms with Crippen molar-refractivity contribution >= 4 is 29.6 Å².